The molecule has 0 aliphatic heterocycles. The summed E-state index contributed by atoms with van der Waals surface area (Å²) < 4.78 is 24.8. The molecule has 0 saturated carbocycles. The lowest BCUT2D eigenvalue weighted by Gasteiger charge is -2.18. The predicted octanol–water partition coefficient (Wildman–Crippen LogP) is 0.656. The van der Waals surface area contributed by atoms with E-state index in [4.69, 9.17) is 0 Å². The predicted molar refractivity (Wildman–Crippen MR) is 59.8 cm³/mol. The van der Waals surface area contributed by atoms with Crippen LogP contribution in [0.5, 0.6) is 0 Å². The Morgan fingerprint density at radius 2 is 1.71 bits per heavy atom. The molecule has 14 heavy (non-hydrogen) atoms. The summed E-state index contributed by atoms with van der Waals surface area (Å²) in [5, 5.41) is 3.10. The lowest BCUT2D eigenvalue weighted by atomic mass is 10.4. The number of sulfonamides is 1. The Morgan fingerprint density at radius 1 is 1.21 bits per heavy atom. The standard InChI is InChI=1S/C9H22N2O2S/c1-5-11(6-2)14(12,13)8-7-10-9(3)4/h9-10H,5-8H2,1-4H3. The molecule has 0 bridgehead atoms. The second kappa shape index (κ2) is 6.37. The third kappa shape index (κ3) is 4.93. The minimum Gasteiger partial charge on any atom is -0.313 e. The van der Waals surface area contributed by atoms with Crippen molar-refractivity contribution in [2.24, 2.45) is 0 Å². The van der Waals surface area contributed by atoms with Crippen molar-refractivity contribution in [3.63, 3.8) is 0 Å². The van der Waals surface area contributed by atoms with E-state index < -0.39 is 10.0 Å². The smallest absolute Gasteiger partial charge is 0.215 e. The summed E-state index contributed by atoms with van der Waals surface area (Å²) in [7, 11) is -3.05. The zero-order chi connectivity index (χ0) is 11.2. The van der Waals surface area contributed by atoms with E-state index in [0.717, 1.165) is 0 Å². The van der Waals surface area contributed by atoms with Gasteiger partial charge in [-0.15, -0.1) is 0 Å². The molecule has 0 saturated heterocycles. The van der Waals surface area contributed by atoms with Crippen LogP contribution >= 0.6 is 0 Å². The Bertz CT molecular complexity index is 233. The topological polar surface area (TPSA) is 49.4 Å². The molecule has 5 heteroatoms. The van der Waals surface area contributed by atoms with Crippen LogP contribution in [0, 0.1) is 0 Å². The van der Waals surface area contributed by atoms with E-state index in [1.165, 1.54) is 4.31 Å². The Labute approximate surface area is 87.7 Å². The average Bonchev–Trinajstić information content (AvgIpc) is 2.04. The second-order valence-electron chi connectivity index (χ2n) is 3.51. The molecule has 0 aliphatic carbocycles. The van der Waals surface area contributed by atoms with Gasteiger partial charge in [0.1, 0.15) is 0 Å². The van der Waals surface area contributed by atoms with Crippen molar-refractivity contribution in [3.8, 4) is 0 Å². The number of rotatable bonds is 7. The number of hydrogen-bond donors (Lipinski definition) is 1. The maximum atomic E-state index is 11.7. The zero-order valence-electron chi connectivity index (χ0n) is 9.58. The minimum absolute atomic E-state index is 0.187. The van der Waals surface area contributed by atoms with Gasteiger partial charge in [0.15, 0.2) is 0 Å². The van der Waals surface area contributed by atoms with Crippen LogP contribution in [0.3, 0.4) is 0 Å². The Hall–Kier alpha value is -0.130. The monoisotopic (exact) mass is 222 g/mol. The lowest BCUT2D eigenvalue weighted by Crippen LogP contribution is -2.37. The fourth-order valence-corrected chi connectivity index (χ4v) is 2.64. The van der Waals surface area contributed by atoms with E-state index in [-0.39, 0.29) is 5.75 Å². The number of hydrogen-bond acceptors (Lipinski definition) is 3. The zero-order valence-corrected chi connectivity index (χ0v) is 10.4. The third-order valence-corrected chi connectivity index (χ3v) is 4.03. The maximum Gasteiger partial charge on any atom is 0.215 e. The van der Waals surface area contributed by atoms with E-state index in [2.05, 4.69) is 5.32 Å². The first kappa shape index (κ1) is 13.9. The van der Waals surface area contributed by atoms with Crippen molar-refractivity contribution in [2.75, 3.05) is 25.4 Å². The van der Waals surface area contributed by atoms with Gasteiger partial charge in [0, 0.05) is 25.7 Å². The van der Waals surface area contributed by atoms with Gasteiger partial charge in [0.2, 0.25) is 10.0 Å². The van der Waals surface area contributed by atoms with Gasteiger partial charge in [-0.25, -0.2) is 12.7 Å². The molecule has 0 heterocycles. The third-order valence-electron chi connectivity index (χ3n) is 2.01. The lowest BCUT2D eigenvalue weighted by molar-refractivity contribution is 0.443. The molecule has 0 spiro atoms. The van der Waals surface area contributed by atoms with Gasteiger partial charge >= 0.3 is 0 Å². The molecule has 0 fully saturated rings. The molecule has 0 radical (unpaired) electrons. The molecule has 0 unspecified atom stereocenters. The van der Waals surface area contributed by atoms with E-state index >= 15 is 0 Å². The van der Waals surface area contributed by atoms with Crippen LogP contribution < -0.4 is 5.32 Å². The molecule has 0 aromatic heterocycles. The fraction of sp³-hybridized carbons (Fsp3) is 1.00. The highest BCUT2D eigenvalue weighted by Gasteiger charge is 2.17. The normalized spacial score (nSPS) is 12.7. The van der Waals surface area contributed by atoms with Crippen molar-refractivity contribution < 1.29 is 8.42 Å². The highest BCUT2D eigenvalue weighted by molar-refractivity contribution is 7.89. The van der Waals surface area contributed by atoms with Crippen molar-refractivity contribution in [3.05, 3.63) is 0 Å². The van der Waals surface area contributed by atoms with Crippen molar-refractivity contribution in [1.82, 2.24) is 9.62 Å². The van der Waals surface area contributed by atoms with Gasteiger partial charge in [0.05, 0.1) is 5.75 Å². The van der Waals surface area contributed by atoms with E-state index in [1.54, 1.807) is 0 Å². The van der Waals surface area contributed by atoms with Crippen LogP contribution in [0.15, 0.2) is 0 Å². The van der Waals surface area contributed by atoms with Gasteiger partial charge in [-0.2, -0.15) is 0 Å². The van der Waals surface area contributed by atoms with E-state index in [1.807, 2.05) is 27.7 Å². The first-order valence-corrected chi connectivity index (χ1v) is 6.76. The van der Waals surface area contributed by atoms with Crippen LogP contribution in [-0.2, 0) is 10.0 Å². The van der Waals surface area contributed by atoms with Crippen LogP contribution in [0.25, 0.3) is 0 Å². The summed E-state index contributed by atoms with van der Waals surface area (Å²) in [6.45, 7) is 9.36. The maximum absolute atomic E-state index is 11.7. The van der Waals surface area contributed by atoms with Gasteiger partial charge < -0.3 is 5.32 Å². The summed E-state index contributed by atoms with van der Waals surface area (Å²) >= 11 is 0. The SMILES string of the molecule is CCN(CC)S(=O)(=O)CCNC(C)C. The first-order valence-electron chi connectivity index (χ1n) is 5.15. The molecule has 0 aromatic rings. The first-order chi connectivity index (χ1) is 6.44. The summed E-state index contributed by atoms with van der Waals surface area (Å²) in [6.07, 6.45) is 0. The summed E-state index contributed by atoms with van der Waals surface area (Å²) in [5.74, 6) is 0.187. The summed E-state index contributed by atoms with van der Waals surface area (Å²) in [5.41, 5.74) is 0. The summed E-state index contributed by atoms with van der Waals surface area (Å²) in [4.78, 5) is 0. The molecule has 0 amide bonds. The van der Waals surface area contributed by atoms with E-state index in [9.17, 15) is 8.42 Å². The van der Waals surface area contributed by atoms with Crippen LogP contribution in [0.2, 0.25) is 0 Å². The molecule has 86 valence electrons. The Kier molecular flexibility index (Phi) is 6.31. The molecule has 4 nitrogen and oxygen atoms in total. The van der Waals surface area contributed by atoms with Crippen LogP contribution in [-0.4, -0.2) is 44.2 Å². The Balaban J connectivity index is 4.07. The van der Waals surface area contributed by atoms with Crippen LogP contribution in [0.4, 0.5) is 0 Å². The average molecular weight is 222 g/mol. The number of nitrogens with one attached hydrogen (secondary N) is 1. The number of nitrogens with zero attached hydrogens (tertiary/aromatic N) is 1. The molecule has 1 N–H and O–H groups in total. The highest BCUT2D eigenvalue weighted by Crippen LogP contribution is 1.99. The molecule has 0 aliphatic rings. The van der Waals surface area contributed by atoms with Crippen LogP contribution in [0.1, 0.15) is 27.7 Å². The second-order valence-corrected chi connectivity index (χ2v) is 5.60. The fourth-order valence-electron chi connectivity index (χ4n) is 1.22. The minimum atomic E-state index is -3.05. The summed E-state index contributed by atoms with van der Waals surface area (Å²) in [6, 6.07) is 0.335. The van der Waals surface area contributed by atoms with Gasteiger partial charge in [-0.3, -0.25) is 0 Å². The van der Waals surface area contributed by atoms with E-state index in [0.29, 0.717) is 25.7 Å². The van der Waals surface area contributed by atoms with Crippen molar-refractivity contribution >= 4 is 10.0 Å². The van der Waals surface area contributed by atoms with Crippen molar-refractivity contribution in [2.45, 2.75) is 33.7 Å². The quantitative estimate of drug-likeness (QED) is 0.688. The molecule has 0 aromatic carbocycles. The van der Waals surface area contributed by atoms with Gasteiger partial charge in [0.25, 0.3) is 0 Å². The molecular formula is C9H22N2O2S. The molecule has 0 rings (SSSR count). The van der Waals surface area contributed by atoms with Crippen molar-refractivity contribution in [1.29, 1.82) is 0 Å². The molecular weight excluding hydrogens is 200 g/mol. The van der Waals surface area contributed by atoms with Gasteiger partial charge in [-0.1, -0.05) is 27.7 Å². The molecule has 0 atom stereocenters. The Morgan fingerprint density at radius 3 is 2.07 bits per heavy atom. The highest BCUT2D eigenvalue weighted by atomic mass is 32.2. The van der Waals surface area contributed by atoms with Gasteiger partial charge in [-0.05, 0) is 0 Å². The largest absolute Gasteiger partial charge is 0.313 e.